The van der Waals surface area contributed by atoms with Crippen molar-refractivity contribution in [1.29, 1.82) is 5.26 Å². The average Bonchev–Trinajstić information content (AvgIpc) is 2.93. The Morgan fingerprint density at radius 3 is 2.56 bits per heavy atom. The lowest BCUT2D eigenvalue weighted by Gasteiger charge is -2.27. The Bertz CT molecular complexity index is 1920. The Balaban J connectivity index is 1.67. The van der Waals surface area contributed by atoms with Crippen LogP contribution < -0.4 is 25.6 Å². The van der Waals surface area contributed by atoms with Crippen LogP contribution in [0.2, 0.25) is 5.02 Å². The fraction of sp³-hybridized carbons (Fsp3) is 0.100. The van der Waals surface area contributed by atoms with Gasteiger partial charge < -0.3 is 24.4 Å². The number of ether oxygens (including phenoxy) is 3. The van der Waals surface area contributed by atoms with Crippen LogP contribution in [0, 0.1) is 18.3 Å². The molecule has 5 aromatic rings. The molecular weight excluding hydrogens is 518 g/mol. The van der Waals surface area contributed by atoms with Crippen LogP contribution >= 0.6 is 11.6 Å². The lowest BCUT2D eigenvalue weighted by Crippen LogP contribution is -2.26. The second kappa shape index (κ2) is 9.39. The third-order valence-electron chi connectivity index (χ3n) is 6.58. The molecule has 0 radical (unpaired) electrons. The van der Waals surface area contributed by atoms with Crippen molar-refractivity contribution < 1.29 is 18.6 Å². The van der Waals surface area contributed by atoms with Gasteiger partial charge in [0.2, 0.25) is 11.8 Å². The normalized spacial score (nSPS) is 14.6. The van der Waals surface area contributed by atoms with E-state index in [2.05, 4.69) is 6.07 Å². The topological polar surface area (TPSA) is 121 Å². The maximum Gasteiger partial charge on any atom is 0.344 e. The van der Waals surface area contributed by atoms with E-state index in [1.54, 1.807) is 55.6 Å². The van der Waals surface area contributed by atoms with Crippen molar-refractivity contribution in [1.82, 2.24) is 4.98 Å². The zero-order chi connectivity index (χ0) is 27.3. The number of nitrogens with zero attached hydrogens (tertiary/aromatic N) is 2. The fourth-order valence-corrected chi connectivity index (χ4v) is 4.85. The third-order valence-corrected chi connectivity index (χ3v) is 6.83. The van der Waals surface area contributed by atoms with Gasteiger partial charge in [0.1, 0.15) is 28.7 Å². The van der Waals surface area contributed by atoms with Crippen molar-refractivity contribution in [2.24, 2.45) is 5.73 Å². The number of hydrogen-bond acceptors (Lipinski definition) is 8. The van der Waals surface area contributed by atoms with E-state index in [1.807, 2.05) is 25.1 Å². The predicted octanol–water partition coefficient (Wildman–Crippen LogP) is 6.32. The van der Waals surface area contributed by atoms with Crippen LogP contribution in [-0.2, 0) is 0 Å². The van der Waals surface area contributed by atoms with E-state index in [1.165, 1.54) is 0 Å². The highest BCUT2D eigenvalue weighted by atomic mass is 35.5. The maximum absolute atomic E-state index is 13.5. The lowest BCUT2D eigenvalue weighted by atomic mass is 9.83. The first-order valence-electron chi connectivity index (χ1n) is 11.9. The van der Waals surface area contributed by atoms with E-state index in [4.69, 9.17) is 40.9 Å². The van der Waals surface area contributed by atoms with Crippen LogP contribution in [-0.4, -0.2) is 12.1 Å². The number of fused-ring (bicyclic) bond motifs is 4. The van der Waals surface area contributed by atoms with E-state index >= 15 is 0 Å². The number of methoxy groups -OCH3 is 1. The highest BCUT2D eigenvalue weighted by Gasteiger charge is 2.38. The summed E-state index contributed by atoms with van der Waals surface area (Å²) >= 11 is 6.06. The molecule has 0 saturated heterocycles. The summed E-state index contributed by atoms with van der Waals surface area (Å²) in [6.07, 6.45) is 0. The molecule has 192 valence electrons. The number of nitriles is 1. The SMILES string of the molecule is COc1ccc2nc(Oc3ccc(Cl)cc3)c(C3C(C#N)=C(N)Oc4c3c(=O)oc3ccc(C)cc43)cc2c1. The van der Waals surface area contributed by atoms with Gasteiger partial charge in [-0.25, -0.2) is 9.78 Å². The van der Waals surface area contributed by atoms with Crippen molar-refractivity contribution in [2.75, 3.05) is 7.11 Å². The fourth-order valence-electron chi connectivity index (χ4n) is 4.73. The largest absolute Gasteiger partial charge is 0.497 e. The highest BCUT2D eigenvalue weighted by molar-refractivity contribution is 6.30. The molecule has 2 N–H and O–H groups in total. The molecule has 3 aromatic carbocycles. The van der Waals surface area contributed by atoms with Crippen molar-refractivity contribution in [3.8, 4) is 29.2 Å². The van der Waals surface area contributed by atoms with Gasteiger partial charge in [-0.1, -0.05) is 23.2 Å². The molecule has 2 aromatic heterocycles. The van der Waals surface area contributed by atoms with Gasteiger partial charge in [-0.15, -0.1) is 0 Å². The van der Waals surface area contributed by atoms with Crippen molar-refractivity contribution in [3.05, 3.63) is 110 Å². The van der Waals surface area contributed by atoms with Gasteiger partial charge in [-0.05, 0) is 67.6 Å². The van der Waals surface area contributed by atoms with Crippen LogP contribution in [0.3, 0.4) is 0 Å². The maximum atomic E-state index is 13.5. The first kappa shape index (κ1) is 24.3. The summed E-state index contributed by atoms with van der Waals surface area (Å²) in [6.45, 7) is 1.91. The van der Waals surface area contributed by atoms with Crippen LogP contribution in [0.5, 0.6) is 23.1 Å². The zero-order valence-corrected chi connectivity index (χ0v) is 21.6. The molecule has 0 saturated carbocycles. The van der Waals surface area contributed by atoms with Crippen LogP contribution in [0.25, 0.3) is 21.9 Å². The van der Waals surface area contributed by atoms with Crippen LogP contribution in [0.4, 0.5) is 0 Å². The first-order chi connectivity index (χ1) is 18.9. The summed E-state index contributed by atoms with van der Waals surface area (Å²) in [4.78, 5) is 18.2. The highest BCUT2D eigenvalue weighted by Crippen LogP contribution is 2.47. The van der Waals surface area contributed by atoms with Crippen molar-refractivity contribution in [3.63, 3.8) is 0 Å². The van der Waals surface area contributed by atoms with Crippen molar-refractivity contribution in [2.45, 2.75) is 12.8 Å². The molecule has 6 rings (SSSR count). The van der Waals surface area contributed by atoms with Crippen LogP contribution in [0.15, 0.2) is 87.4 Å². The summed E-state index contributed by atoms with van der Waals surface area (Å²) in [6, 6.07) is 21.5. The van der Waals surface area contributed by atoms with Crippen LogP contribution in [0.1, 0.15) is 22.6 Å². The van der Waals surface area contributed by atoms with Gasteiger partial charge in [-0.3, -0.25) is 0 Å². The Morgan fingerprint density at radius 1 is 1.05 bits per heavy atom. The molecule has 3 heterocycles. The molecule has 0 aliphatic carbocycles. The molecule has 1 aliphatic rings. The smallest absolute Gasteiger partial charge is 0.344 e. The van der Waals surface area contributed by atoms with Gasteiger partial charge in [0.15, 0.2) is 5.75 Å². The van der Waals surface area contributed by atoms with E-state index < -0.39 is 11.5 Å². The number of hydrogen-bond donors (Lipinski definition) is 1. The Hall–Kier alpha value is -5.00. The Labute approximate surface area is 227 Å². The van der Waals surface area contributed by atoms with E-state index in [0.29, 0.717) is 44.0 Å². The van der Waals surface area contributed by atoms with Gasteiger partial charge in [0.25, 0.3) is 0 Å². The van der Waals surface area contributed by atoms with E-state index in [0.717, 1.165) is 5.56 Å². The summed E-state index contributed by atoms with van der Waals surface area (Å²) in [5, 5.41) is 12.0. The minimum Gasteiger partial charge on any atom is -0.497 e. The molecule has 9 heteroatoms. The van der Waals surface area contributed by atoms with E-state index in [9.17, 15) is 10.1 Å². The first-order valence-corrected chi connectivity index (χ1v) is 12.3. The quantitative estimate of drug-likeness (QED) is 0.264. The van der Waals surface area contributed by atoms with Gasteiger partial charge in [0, 0.05) is 16.0 Å². The van der Waals surface area contributed by atoms with Gasteiger partial charge in [0.05, 0.1) is 29.5 Å². The number of rotatable bonds is 4. The number of aromatic nitrogens is 1. The Morgan fingerprint density at radius 2 is 1.82 bits per heavy atom. The van der Waals surface area contributed by atoms with Crippen molar-refractivity contribution >= 4 is 33.5 Å². The summed E-state index contributed by atoms with van der Waals surface area (Å²) < 4.78 is 23.2. The van der Waals surface area contributed by atoms with E-state index in [-0.39, 0.29) is 28.6 Å². The van der Waals surface area contributed by atoms with Gasteiger partial charge >= 0.3 is 5.63 Å². The minimum atomic E-state index is -0.981. The molecule has 0 fully saturated rings. The second-order valence-corrected chi connectivity index (χ2v) is 9.49. The molecule has 0 amide bonds. The summed E-state index contributed by atoms with van der Waals surface area (Å²) in [5.74, 6) is 0.388. The number of halogens is 1. The number of benzene rings is 3. The molecule has 0 spiro atoms. The molecule has 0 bridgehead atoms. The zero-order valence-electron chi connectivity index (χ0n) is 20.8. The minimum absolute atomic E-state index is 0.0341. The number of allylic oxidation sites excluding steroid dienone is 1. The summed E-state index contributed by atoms with van der Waals surface area (Å²) in [7, 11) is 1.57. The Kier molecular flexibility index (Phi) is 5.86. The average molecular weight is 538 g/mol. The molecule has 1 unspecified atom stereocenters. The third kappa shape index (κ3) is 4.19. The predicted molar refractivity (Wildman–Crippen MR) is 146 cm³/mol. The monoisotopic (exact) mass is 537 g/mol. The number of nitrogens with two attached hydrogens (primary N) is 1. The molecule has 8 nitrogen and oxygen atoms in total. The molecule has 1 aliphatic heterocycles. The van der Waals surface area contributed by atoms with Gasteiger partial charge in [-0.2, -0.15) is 5.26 Å². The molecule has 39 heavy (non-hydrogen) atoms. The lowest BCUT2D eigenvalue weighted by molar-refractivity contribution is 0.385. The molecular formula is C30H20ClN3O5. The standard InChI is InChI=1S/C30H20ClN3O5/c1-15-3-10-24-20(11-15)27-26(30(35)38-24)25(22(14-32)28(33)39-27)21-13-16-12-19(36-2)8-9-23(16)34-29(21)37-18-6-4-17(31)5-7-18/h3-13,25H,33H2,1-2H3. The number of aryl methyl sites for hydroxylation is 1. The second-order valence-electron chi connectivity index (χ2n) is 9.05. The number of pyridine rings is 1. The summed E-state index contributed by atoms with van der Waals surface area (Å²) in [5.41, 5.74) is 8.12. The molecule has 1 atom stereocenters.